The van der Waals surface area contributed by atoms with Gasteiger partial charge in [0, 0.05) is 12.4 Å². The van der Waals surface area contributed by atoms with Gasteiger partial charge in [0.2, 0.25) is 0 Å². The average molecular weight is 369 g/mol. The van der Waals surface area contributed by atoms with Crippen LogP contribution in [0, 0.1) is 0 Å². The fraction of sp³-hybridized carbons (Fsp3) is 0.222. The van der Waals surface area contributed by atoms with E-state index in [-0.39, 0.29) is 5.69 Å². The van der Waals surface area contributed by atoms with Gasteiger partial charge in [0.15, 0.2) is 5.69 Å². The Bertz CT molecular complexity index is 962. The molecule has 2 heterocycles. The highest BCUT2D eigenvalue weighted by atomic mass is 16.5. The van der Waals surface area contributed by atoms with Gasteiger partial charge in [0.25, 0.3) is 5.91 Å². The molecule has 0 bridgehead atoms. The molecule has 0 spiro atoms. The van der Waals surface area contributed by atoms with E-state index in [4.69, 9.17) is 9.84 Å². The van der Waals surface area contributed by atoms with Crippen LogP contribution < -0.4 is 10.1 Å². The molecule has 3 rings (SSSR count). The lowest BCUT2D eigenvalue weighted by Gasteiger charge is -2.05. The predicted molar refractivity (Wildman–Crippen MR) is 96.9 cm³/mol. The third-order valence-corrected chi connectivity index (χ3v) is 3.97. The summed E-state index contributed by atoms with van der Waals surface area (Å²) in [6, 6.07) is 8.25. The molecule has 27 heavy (non-hydrogen) atoms. The van der Waals surface area contributed by atoms with Crippen molar-refractivity contribution in [2.24, 2.45) is 0 Å². The Balaban J connectivity index is 1.65. The van der Waals surface area contributed by atoms with Gasteiger partial charge >= 0.3 is 5.97 Å². The van der Waals surface area contributed by atoms with Gasteiger partial charge < -0.3 is 15.2 Å². The fourth-order valence-corrected chi connectivity index (χ4v) is 2.46. The number of nitrogens with zero attached hydrogens (tertiary/aromatic N) is 4. The maximum Gasteiger partial charge on any atom is 0.328 e. The normalized spacial score (nSPS) is 11.8. The number of carboxylic acid groups (broad SMARTS) is 1. The molecule has 9 nitrogen and oxygen atoms in total. The summed E-state index contributed by atoms with van der Waals surface area (Å²) in [6.45, 7) is 2.01. The van der Waals surface area contributed by atoms with Crippen molar-refractivity contribution >= 4 is 17.6 Å². The smallest absolute Gasteiger partial charge is 0.328 e. The molecule has 0 aliphatic rings. The molecule has 1 unspecified atom stereocenters. The van der Waals surface area contributed by atoms with Crippen LogP contribution >= 0.6 is 0 Å². The zero-order chi connectivity index (χ0) is 19.4. The van der Waals surface area contributed by atoms with Crippen LogP contribution in [0.5, 0.6) is 5.75 Å². The van der Waals surface area contributed by atoms with Crippen LogP contribution in [0.4, 0.5) is 5.69 Å². The number of ether oxygens (including phenoxy) is 1. The van der Waals surface area contributed by atoms with Gasteiger partial charge in [-0.1, -0.05) is 12.1 Å². The van der Waals surface area contributed by atoms with Crippen LogP contribution in [0.15, 0.2) is 48.9 Å². The Morgan fingerprint density at radius 3 is 2.89 bits per heavy atom. The molecule has 0 saturated carbocycles. The maximum absolute atomic E-state index is 12.3. The van der Waals surface area contributed by atoms with E-state index in [1.165, 1.54) is 30.1 Å². The zero-order valence-electron chi connectivity index (χ0n) is 14.9. The first-order chi connectivity index (χ1) is 13.0. The summed E-state index contributed by atoms with van der Waals surface area (Å²) in [5.41, 5.74) is 1.66. The summed E-state index contributed by atoms with van der Waals surface area (Å²) in [7, 11) is 1.61. The minimum Gasteiger partial charge on any atom is -0.497 e. The lowest BCUT2D eigenvalue weighted by molar-refractivity contribution is -0.140. The minimum atomic E-state index is -1.02. The molecule has 2 aromatic heterocycles. The second-order valence-electron chi connectivity index (χ2n) is 5.93. The maximum atomic E-state index is 12.3. The zero-order valence-corrected chi connectivity index (χ0v) is 14.9. The van der Waals surface area contributed by atoms with E-state index in [0.29, 0.717) is 12.2 Å². The van der Waals surface area contributed by atoms with Crippen molar-refractivity contribution in [1.29, 1.82) is 0 Å². The highest BCUT2D eigenvalue weighted by Crippen LogP contribution is 2.15. The van der Waals surface area contributed by atoms with Crippen molar-refractivity contribution in [2.75, 3.05) is 12.4 Å². The first kappa shape index (κ1) is 18.2. The summed E-state index contributed by atoms with van der Waals surface area (Å²) < 4.78 is 8.12. The van der Waals surface area contributed by atoms with E-state index in [2.05, 4.69) is 15.5 Å². The summed E-state index contributed by atoms with van der Waals surface area (Å²) in [4.78, 5) is 23.3. The summed E-state index contributed by atoms with van der Waals surface area (Å²) in [6.07, 6.45) is 4.70. The molecular formula is C18H19N5O4. The van der Waals surface area contributed by atoms with Gasteiger partial charge in [-0.15, -0.1) is 0 Å². The molecule has 1 aromatic carbocycles. The molecule has 1 amide bonds. The second kappa shape index (κ2) is 7.73. The van der Waals surface area contributed by atoms with E-state index in [0.717, 1.165) is 11.3 Å². The first-order valence-corrected chi connectivity index (χ1v) is 8.21. The number of aromatic nitrogens is 4. The SMILES string of the molecule is COc1cccc(Cn2cc(NC(=O)c3ccn(C(C)C(=O)O)n3)cn2)c1. The highest BCUT2D eigenvalue weighted by molar-refractivity contribution is 6.02. The monoisotopic (exact) mass is 369 g/mol. The number of carboxylic acids is 1. The third kappa shape index (κ3) is 4.32. The number of carbonyl (C=O) groups is 2. The number of benzene rings is 1. The Morgan fingerprint density at radius 1 is 1.33 bits per heavy atom. The first-order valence-electron chi connectivity index (χ1n) is 8.21. The van der Waals surface area contributed by atoms with Crippen LogP contribution in [0.3, 0.4) is 0 Å². The molecule has 2 N–H and O–H groups in total. The standard InChI is InChI=1S/C18H19N5O4/c1-12(18(25)26)23-7-6-16(21-23)17(24)20-14-9-19-22(11-14)10-13-4-3-5-15(8-13)27-2/h3-9,11-12H,10H2,1-2H3,(H,20,24)(H,25,26). The van der Waals surface area contributed by atoms with Crippen molar-refractivity contribution in [3.05, 3.63) is 60.2 Å². The second-order valence-corrected chi connectivity index (χ2v) is 5.93. The van der Waals surface area contributed by atoms with Crippen LogP contribution in [0.25, 0.3) is 0 Å². The Morgan fingerprint density at radius 2 is 2.15 bits per heavy atom. The number of methoxy groups -OCH3 is 1. The van der Waals surface area contributed by atoms with E-state index < -0.39 is 17.9 Å². The van der Waals surface area contributed by atoms with E-state index >= 15 is 0 Å². The minimum absolute atomic E-state index is 0.128. The molecule has 9 heteroatoms. The van der Waals surface area contributed by atoms with Crippen LogP contribution in [0.2, 0.25) is 0 Å². The van der Waals surface area contributed by atoms with Crippen LogP contribution in [-0.4, -0.2) is 43.7 Å². The number of anilines is 1. The Labute approximate surface area is 155 Å². The van der Waals surface area contributed by atoms with Gasteiger partial charge in [-0.25, -0.2) is 4.79 Å². The number of aliphatic carboxylic acids is 1. The quantitative estimate of drug-likeness (QED) is 0.659. The summed E-state index contributed by atoms with van der Waals surface area (Å²) >= 11 is 0. The third-order valence-electron chi connectivity index (χ3n) is 3.97. The molecule has 140 valence electrons. The summed E-state index contributed by atoms with van der Waals surface area (Å²) in [5, 5.41) is 19.9. The van der Waals surface area contributed by atoms with Crippen molar-refractivity contribution < 1.29 is 19.4 Å². The van der Waals surface area contributed by atoms with Crippen LogP contribution in [0.1, 0.15) is 29.0 Å². The molecule has 0 fully saturated rings. The number of amides is 1. The fourth-order valence-electron chi connectivity index (χ4n) is 2.46. The number of nitrogens with one attached hydrogen (secondary N) is 1. The number of carbonyl (C=O) groups excluding carboxylic acids is 1. The Kier molecular flexibility index (Phi) is 5.20. The van der Waals surface area contributed by atoms with Crippen molar-refractivity contribution in [2.45, 2.75) is 19.5 Å². The number of rotatable bonds is 7. The van der Waals surface area contributed by atoms with Gasteiger partial charge in [0.1, 0.15) is 11.8 Å². The van der Waals surface area contributed by atoms with Gasteiger partial charge in [-0.05, 0) is 30.7 Å². The average Bonchev–Trinajstić information content (AvgIpc) is 3.31. The highest BCUT2D eigenvalue weighted by Gasteiger charge is 2.17. The predicted octanol–water partition coefficient (Wildman–Crippen LogP) is 2.03. The van der Waals surface area contributed by atoms with Crippen molar-refractivity contribution in [3.8, 4) is 5.75 Å². The molecule has 0 aliphatic heterocycles. The Hall–Kier alpha value is -3.62. The van der Waals surface area contributed by atoms with E-state index in [1.807, 2.05) is 24.3 Å². The van der Waals surface area contributed by atoms with E-state index in [9.17, 15) is 9.59 Å². The van der Waals surface area contributed by atoms with Crippen LogP contribution in [-0.2, 0) is 11.3 Å². The largest absolute Gasteiger partial charge is 0.497 e. The molecule has 1 atom stereocenters. The molecule has 3 aromatic rings. The lowest BCUT2D eigenvalue weighted by Crippen LogP contribution is -2.18. The molecule has 0 aliphatic carbocycles. The van der Waals surface area contributed by atoms with E-state index in [1.54, 1.807) is 18.0 Å². The molecule has 0 radical (unpaired) electrons. The van der Waals surface area contributed by atoms with Crippen molar-refractivity contribution in [3.63, 3.8) is 0 Å². The number of hydrogen-bond donors (Lipinski definition) is 2. The topological polar surface area (TPSA) is 111 Å². The van der Waals surface area contributed by atoms with Crippen molar-refractivity contribution in [1.82, 2.24) is 19.6 Å². The summed E-state index contributed by atoms with van der Waals surface area (Å²) in [5.74, 6) is -0.699. The van der Waals surface area contributed by atoms with Gasteiger partial charge in [-0.2, -0.15) is 10.2 Å². The van der Waals surface area contributed by atoms with Gasteiger partial charge in [-0.3, -0.25) is 14.2 Å². The molecule has 0 saturated heterocycles. The van der Waals surface area contributed by atoms with Gasteiger partial charge in [0.05, 0.1) is 25.5 Å². The lowest BCUT2D eigenvalue weighted by atomic mass is 10.2. The number of hydrogen-bond acceptors (Lipinski definition) is 5. The molecular weight excluding hydrogens is 350 g/mol.